The molecule has 2 N–H and O–H groups in total. The summed E-state index contributed by atoms with van der Waals surface area (Å²) >= 11 is 6.13. The molecule has 1 amide bonds. The van der Waals surface area contributed by atoms with Crippen molar-refractivity contribution in [2.24, 2.45) is 0 Å². The molecule has 7 heteroatoms. The lowest BCUT2D eigenvalue weighted by atomic mass is 10.0. The number of hydrogen-bond donors (Lipinski definition) is 2. The van der Waals surface area contributed by atoms with Crippen molar-refractivity contribution in [2.75, 3.05) is 4.72 Å². The molecule has 0 saturated carbocycles. The molecule has 0 aromatic heterocycles. The van der Waals surface area contributed by atoms with Gasteiger partial charge in [0.05, 0.1) is 11.1 Å². The van der Waals surface area contributed by atoms with E-state index in [0.717, 1.165) is 5.56 Å². The van der Waals surface area contributed by atoms with E-state index in [-0.39, 0.29) is 27.4 Å². The van der Waals surface area contributed by atoms with Gasteiger partial charge in [-0.1, -0.05) is 67.1 Å². The molecule has 0 bridgehead atoms. The lowest BCUT2D eigenvalue weighted by Gasteiger charge is -2.18. The molecule has 0 unspecified atom stereocenters. The fourth-order valence-corrected chi connectivity index (χ4v) is 4.50. The zero-order valence-electron chi connectivity index (χ0n) is 15.8. The highest BCUT2D eigenvalue weighted by atomic mass is 35.5. The summed E-state index contributed by atoms with van der Waals surface area (Å²) in [4.78, 5) is 12.6. The first-order chi connectivity index (χ1) is 13.9. The van der Waals surface area contributed by atoms with Crippen LogP contribution in [0, 0.1) is 0 Å². The maximum Gasteiger partial charge on any atom is 0.263 e. The summed E-state index contributed by atoms with van der Waals surface area (Å²) in [5.41, 5.74) is 1.61. The fourth-order valence-electron chi connectivity index (χ4n) is 2.91. The fraction of sp³-hybridized carbons (Fsp3) is 0.136. The minimum atomic E-state index is -3.95. The molecule has 5 nitrogen and oxygen atoms in total. The van der Waals surface area contributed by atoms with Crippen molar-refractivity contribution in [1.82, 2.24) is 5.32 Å². The standard InChI is InChI=1S/C22H21ClN2O3S/c1-2-20(16-9-5-3-6-10-16)24-22(26)17-13-14-19(23)21(15-17)29(27,28)25-18-11-7-4-8-12-18/h3-15,20,25H,2H2,1H3,(H,24,26)/t20-/m0/s1. The van der Waals surface area contributed by atoms with Gasteiger partial charge in [-0.05, 0) is 42.3 Å². The summed E-state index contributed by atoms with van der Waals surface area (Å²) in [6, 6.07) is 22.1. The summed E-state index contributed by atoms with van der Waals surface area (Å²) in [6.45, 7) is 1.97. The molecule has 29 heavy (non-hydrogen) atoms. The molecule has 0 saturated heterocycles. The molecule has 0 spiro atoms. The van der Waals surface area contributed by atoms with Gasteiger partial charge in [-0.2, -0.15) is 0 Å². The predicted octanol–water partition coefficient (Wildman–Crippen LogP) is 5.02. The summed E-state index contributed by atoms with van der Waals surface area (Å²) in [7, 11) is -3.95. The Kier molecular flexibility index (Phi) is 6.56. The van der Waals surface area contributed by atoms with E-state index in [0.29, 0.717) is 12.1 Å². The lowest BCUT2D eigenvalue weighted by Crippen LogP contribution is -2.28. The van der Waals surface area contributed by atoms with E-state index >= 15 is 0 Å². The molecule has 0 fully saturated rings. The molecule has 0 aliphatic rings. The predicted molar refractivity (Wildman–Crippen MR) is 116 cm³/mol. The van der Waals surface area contributed by atoms with E-state index in [1.54, 1.807) is 30.3 Å². The Bertz CT molecular complexity index is 1090. The Balaban J connectivity index is 1.85. The Labute approximate surface area is 175 Å². The quantitative estimate of drug-likeness (QED) is 0.554. The normalized spacial score (nSPS) is 12.2. The topological polar surface area (TPSA) is 75.3 Å². The first kappa shape index (κ1) is 20.9. The van der Waals surface area contributed by atoms with Crippen LogP contribution >= 0.6 is 11.6 Å². The highest BCUT2D eigenvalue weighted by Crippen LogP contribution is 2.26. The van der Waals surface area contributed by atoms with Gasteiger partial charge in [0.2, 0.25) is 0 Å². The molecule has 0 aliphatic heterocycles. The lowest BCUT2D eigenvalue weighted by molar-refractivity contribution is 0.0935. The number of hydrogen-bond acceptors (Lipinski definition) is 3. The Morgan fingerprint density at radius 1 is 0.966 bits per heavy atom. The van der Waals surface area contributed by atoms with Crippen molar-refractivity contribution in [3.05, 3.63) is 95.0 Å². The van der Waals surface area contributed by atoms with Crippen LogP contribution in [0.25, 0.3) is 0 Å². The monoisotopic (exact) mass is 428 g/mol. The molecule has 3 rings (SSSR count). The van der Waals surface area contributed by atoms with Gasteiger partial charge in [0.15, 0.2) is 0 Å². The van der Waals surface area contributed by atoms with E-state index in [2.05, 4.69) is 10.0 Å². The van der Waals surface area contributed by atoms with E-state index < -0.39 is 10.0 Å². The van der Waals surface area contributed by atoms with E-state index in [1.807, 2.05) is 37.3 Å². The van der Waals surface area contributed by atoms with Crippen molar-refractivity contribution < 1.29 is 13.2 Å². The minimum Gasteiger partial charge on any atom is -0.345 e. The van der Waals surface area contributed by atoms with Gasteiger partial charge in [0, 0.05) is 11.3 Å². The third-order valence-electron chi connectivity index (χ3n) is 4.42. The number of para-hydroxylation sites is 1. The number of sulfonamides is 1. The number of anilines is 1. The second kappa shape index (κ2) is 9.11. The van der Waals surface area contributed by atoms with Crippen LogP contribution in [0.15, 0.2) is 83.8 Å². The van der Waals surface area contributed by atoms with Gasteiger partial charge in [-0.3, -0.25) is 9.52 Å². The Morgan fingerprint density at radius 3 is 2.21 bits per heavy atom. The second-order valence-corrected chi connectivity index (χ2v) is 8.52. The van der Waals surface area contributed by atoms with Gasteiger partial charge in [0.1, 0.15) is 4.90 Å². The molecule has 150 valence electrons. The number of rotatable bonds is 7. The molecule has 0 aliphatic carbocycles. The third kappa shape index (κ3) is 5.16. The zero-order chi connectivity index (χ0) is 20.9. The number of nitrogens with one attached hydrogen (secondary N) is 2. The number of halogens is 1. The number of benzene rings is 3. The van der Waals surface area contributed by atoms with Gasteiger partial charge in [-0.25, -0.2) is 8.42 Å². The summed E-state index contributed by atoms with van der Waals surface area (Å²) in [5.74, 6) is -0.367. The smallest absolute Gasteiger partial charge is 0.263 e. The van der Waals surface area contributed by atoms with Crippen molar-refractivity contribution in [1.29, 1.82) is 0 Å². The number of carbonyl (C=O) groups is 1. The molecule has 3 aromatic carbocycles. The van der Waals surface area contributed by atoms with Crippen LogP contribution in [0.4, 0.5) is 5.69 Å². The summed E-state index contributed by atoms with van der Waals surface area (Å²) in [5, 5.41) is 2.99. The van der Waals surface area contributed by atoms with Gasteiger partial charge >= 0.3 is 0 Å². The molecule has 3 aromatic rings. The molecular formula is C22H21ClN2O3S. The van der Waals surface area contributed by atoms with Gasteiger partial charge in [0.25, 0.3) is 15.9 Å². The minimum absolute atomic E-state index is 0.0417. The molecule has 0 heterocycles. The van der Waals surface area contributed by atoms with Crippen LogP contribution in [0.2, 0.25) is 5.02 Å². The van der Waals surface area contributed by atoms with Crippen LogP contribution in [-0.4, -0.2) is 14.3 Å². The molecular weight excluding hydrogens is 408 g/mol. The van der Waals surface area contributed by atoms with E-state index in [4.69, 9.17) is 11.6 Å². The summed E-state index contributed by atoms with van der Waals surface area (Å²) < 4.78 is 28.0. The maximum atomic E-state index is 12.8. The third-order valence-corrected chi connectivity index (χ3v) is 6.29. The van der Waals surface area contributed by atoms with Crippen molar-refractivity contribution >= 4 is 33.2 Å². The van der Waals surface area contributed by atoms with E-state index in [9.17, 15) is 13.2 Å². The van der Waals surface area contributed by atoms with Crippen molar-refractivity contribution in [3.63, 3.8) is 0 Å². The van der Waals surface area contributed by atoms with Crippen LogP contribution in [0.1, 0.15) is 35.3 Å². The highest BCUT2D eigenvalue weighted by Gasteiger charge is 2.21. The van der Waals surface area contributed by atoms with Gasteiger partial charge in [-0.15, -0.1) is 0 Å². The Hall–Kier alpha value is -2.83. The second-order valence-electron chi connectivity index (χ2n) is 6.46. The van der Waals surface area contributed by atoms with Crippen molar-refractivity contribution in [3.8, 4) is 0 Å². The highest BCUT2D eigenvalue weighted by molar-refractivity contribution is 7.92. The number of amides is 1. The van der Waals surface area contributed by atoms with Crippen LogP contribution in [0.3, 0.4) is 0 Å². The molecule has 0 radical (unpaired) electrons. The Morgan fingerprint density at radius 2 is 1.59 bits per heavy atom. The summed E-state index contributed by atoms with van der Waals surface area (Å²) in [6.07, 6.45) is 0.698. The van der Waals surface area contributed by atoms with E-state index in [1.165, 1.54) is 18.2 Å². The average Bonchev–Trinajstić information content (AvgIpc) is 2.73. The van der Waals surface area contributed by atoms with Gasteiger partial charge < -0.3 is 5.32 Å². The number of carbonyl (C=O) groups excluding carboxylic acids is 1. The first-order valence-electron chi connectivity index (χ1n) is 9.14. The molecule has 1 atom stereocenters. The zero-order valence-corrected chi connectivity index (χ0v) is 17.4. The average molecular weight is 429 g/mol. The van der Waals surface area contributed by atoms with Crippen LogP contribution in [-0.2, 0) is 10.0 Å². The van der Waals surface area contributed by atoms with Crippen LogP contribution in [0.5, 0.6) is 0 Å². The first-order valence-corrected chi connectivity index (χ1v) is 11.0. The van der Waals surface area contributed by atoms with Crippen LogP contribution < -0.4 is 10.0 Å². The van der Waals surface area contributed by atoms with Crippen molar-refractivity contribution in [2.45, 2.75) is 24.3 Å². The largest absolute Gasteiger partial charge is 0.345 e. The maximum absolute atomic E-state index is 12.8. The SMILES string of the molecule is CC[C@H](NC(=O)c1ccc(Cl)c(S(=O)(=O)Nc2ccccc2)c1)c1ccccc1.